The van der Waals surface area contributed by atoms with Crippen LogP contribution >= 0.6 is 0 Å². The lowest BCUT2D eigenvalue weighted by atomic mass is 9.93. The minimum atomic E-state index is 1.15. The fourth-order valence-corrected chi connectivity index (χ4v) is 2.49. The van der Waals surface area contributed by atoms with Crippen LogP contribution in [0.3, 0.4) is 0 Å². The minimum absolute atomic E-state index is 1.15. The number of rotatable bonds is 4. The van der Waals surface area contributed by atoms with Gasteiger partial charge in [0.1, 0.15) is 0 Å². The molecule has 1 aliphatic carbocycles. The summed E-state index contributed by atoms with van der Waals surface area (Å²) in [5.41, 5.74) is 6.24. The molecule has 80 valence electrons. The molecule has 0 nitrogen and oxygen atoms in total. The third kappa shape index (κ3) is 1.99. The largest absolute Gasteiger partial charge is 0.0795 e. The van der Waals surface area contributed by atoms with Gasteiger partial charge < -0.3 is 0 Å². The van der Waals surface area contributed by atoms with Crippen molar-refractivity contribution in [3.63, 3.8) is 0 Å². The molecule has 0 heterocycles. The van der Waals surface area contributed by atoms with Crippen molar-refractivity contribution in [3.05, 3.63) is 40.5 Å². The van der Waals surface area contributed by atoms with E-state index in [0.29, 0.717) is 0 Å². The molecule has 0 unspecified atom stereocenters. The predicted octanol–water partition coefficient (Wildman–Crippen LogP) is 4.16. The monoisotopic (exact) mass is 200 g/mol. The van der Waals surface area contributed by atoms with Crippen molar-refractivity contribution in [1.82, 2.24) is 0 Å². The van der Waals surface area contributed by atoms with Gasteiger partial charge in [-0.2, -0.15) is 0 Å². The Balaban J connectivity index is 2.38. The molecule has 0 radical (unpaired) electrons. The van der Waals surface area contributed by atoms with Crippen LogP contribution in [0.1, 0.15) is 48.9 Å². The lowest BCUT2D eigenvalue weighted by molar-refractivity contribution is 0.890. The van der Waals surface area contributed by atoms with Crippen LogP contribution in [0, 0.1) is 0 Å². The summed E-state index contributed by atoms with van der Waals surface area (Å²) in [6, 6.07) is 4.68. The maximum Gasteiger partial charge on any atom is -0.00853 e. The molecule has 0 bridgehead atoms. The molecule has 1 aromatic carbocycles. The van der Waals surface area contributed by atoms with Crippen LogP contribution in [0.2, 0.25) is 0 Å². The highest BCUT2D eigenvalue weighted by Gasteiger charge is 2.13. The molecule has 1 aliphatic rings. The van der Waals surface area contributed by atoms with Gasteiger partial charge in [0.15, 0.2) is 0 Å². The molecular formula is C15H20. The topological polar surface area (TPSA) is 0 Å². The van der Waals surface area contributed by atoms with Crippen molar-refractivity contribution in [1.29, 1.82) is 0 Å². The van der Waals surface area contributed by atoms with Gasteiger partial charge in [0.05, 0.1) is 0 Å². The Bertz CT molecular complexity index is 372. The molecule has 0 N–H and O–H groups in total. The van der Waals surface area contributed by atoms with Crippen LogP contribution in [0.25, 0.3) is 6.08 Å². The Labute approximate surface area is 93.0 Å². The van der Waals surface area contributed by atoms with Gasteiger partial charge in [-0.1, -0.05) is 51.0 Å². The minimum Gasteiger partial charge on any atom is -0.0795 e. The second kappa shape index (κ2) is 4.65. The molecule has 2 rings (SSSR count). The molecule has 0 heteroatoms. The highest BCUT2D eigenvalue weighted by atomic mass is 14.2. The van der Waals surface area contributed by atoms with Crippen LogP contribution < -0.4 is 0 Å². The van der Waals surface area contributed by atoms with Crippen LogP contribution in [0.5, 0.6) is 0 Å². The Morgan fingerprint density at radius 3 is 2.40 bits per heavy atom. The van der Waals surface area contributed by atoms with Gasteiger partial charge in [0.25, 0.3) is 0 Å². The molecule has 1 aromatic rings. The second-order valence-electron chi connectivity index (χ2n) is 4.38. The lowest BCUT2D eigenvalue weighted by Gasteiger charge is -2.11. The molecule has 0 aromatic heterocycles. The van der Waals surface area contributed by atoms with Crippen LogP contribution in [-0.2, 0) is 19.3 Å². The normalized spacial score (nSPS) is 13.2. The molecule has 15 heavy (non-hydrogen) atoms. The molecule has 0 aliphatic heterocycles. The van der Waals surface area contributed by atoms with Crippen LogP contribution in [0.4, 0.5) is 0 Å². The van der Waals surface area contributed by atoms with E-state index in [4.69, 9.17) is 0 Å². The summed E-state index contributed by atoms with van der Waals surface area (Å²) in [6.07, 6.45) is 10.7. The quantitative estimate of drug-likeness (QED) is 0.684. The van der Waals surface area contributed by atoms with E-state index in [1.807, 2.05) is 0 Å². The Morgan fingerprint density at radius 1 is 1.00 bits per heavy atom. The summed E-state index contributed by atoms with van der Waals surface area (Å²) in [6.45, 7) is 4.51. The van der Waals surface area contributed by atoms with E-state index in [1.165, 1.54) is 31.2 Å². The fourth-order valence-electron chi connectivity index (χ4n) is 2.49. The first-order valence-electron chi connectivity index (χ1n) is 6.17. The van der Waals surface area contributed by atoms with Gasteiger partial charge in [-0.25, -0.2) is 0 Å². The van der Waals surface area contributed by atoms with Crippen molar-refractivity contribution in [2.45, 2.75) is 46.0 Å². The molecule has 0 saturated carbocycles. The second-order valence-corrected chi connectivity index (χ2v) is 4.38. The van der Waals surface area contributed by atoms with E-state index in [1.54, 1.807) is 16.7 Å². The van der Waals surface area contributed by atoms with Crippen molar-refractivity contribution in [3.8, 4) is 0 Å². The maximum absolute atomic E-state index is 2.35. The third-order valence-corrected chi connectivity index (χ3v) is 3.19. The zero-order chi connectivity index (χ0) is 10.7. The summed E-state index contributed by atoms with van der Waals surface area (Å²) in [5, 5.41) is 0. The summed E-state index contributed by atoms with van der Waals surface area (Å²) in [4.78, 5) is 0. The fraction of sp³-hybridized carbons (Fsp3) is 0.467. The predicted molar refractivity (Wildman–Crippen MR) is 67.2 cm³/mol. The maximum atomic E-state index is 2.35. The first kappa shape index (κ1) is 10.5. The lowest BCUT2D eigenvalue weighted by Crippen LogP contribution is -1.97. The Kier molecular flexibility index (Phi) is 3.25. The van der Waals surface area contributed by atoms with Gasteiger partial charge in [-0.15, -0.1) is 0 Å². The first-order chi connectivity index (χ1) is 7.36. The molecule has 0 spiro atoms. The zero-order valence-corrected chi connectivity index (χ0v) is 9.84. The standard InChI is InChI=1S/C15H20/c1-3-6-12-10-11-13(7-4-2)15-9-5-8-14(12)15/h5,8,10-11H,3-4,6-7,9H2,1-2H3. The molecule has 0 amide bonds. The van der Waals surface area contributed by atoms with Gasteiger partial charge in [-0.3, -0.25) is 0 Å². The van der Waals surface area contributed by atoms with Crippen molar-refractivity contribution < 1.29 is 0 Å². The number of hydrogen-bond acceptors (Lipinski definition) is 0. The third-order valence-electron chi connectivity index (χ3n) is 3.19. The number of allylic oxidation sites excluding steroid dienone is 1. The highest BCUT2D eigenvalue weighted by molar-refractivity contribution is 5.65. The Hall–Kier alpha value is -1.04. The number of benzene rings is 1. The summed E-state index contributed by atoms with van der Waals surface area (Å²) < 4.78 is 0. The number of aryl methyl sites for hydroxylation is 2. The van der Waals surface area contributed by atoms with Crippen molar-refractivity contribution in [2.75, 3.05) is 0 Å². The average molecular weight is 200 g/mol. The summed E-state index contributed by atoms with van der Waals surface area (Å²) in [7, 11) is 0. The van der Waals surface area contributed by atoms with E-state index in [9.17, 15) is 0 Å². The summed E-state index contributed by atoms with van der Waals surface area (Å²) in [5.74, 6) is 0. The molecule has 0 fully saturated rings. The number of hydrogen-bond donors (Lipinski definition) is 0. The SMILES string of the molecule is CCCc1ccc(CCC)c2c1C=CC2. The van der Waals surface area contributed by atoms with Crippen LogP contribution in [-0.4, -0.2) is 0 Å². The summed E-state index contributed by atoms with van der Waals surface area (Å²) >= 11 is 0. The highest BCUT2D eigenvalue weighted by Crippen LogP contribution is 2.28. The van der Waals surface area contributed by atoms with Gasteiger partial charge in [0.2, 0.25) is 0 Å². The molecule has 0 saturated heterocycles. The van der Waals surface area contributed by atoms with Gasteiger partial charge >= 0.3 is 0 Å². The van der Waals surface area contributed by atoms with E-state index < -0.39 is 0 Å². The zero-order valence-electron chi connectivity index (χ0n) is 9.84. The molecular weight excluding hydrogens is 180 g/mol. The average Bonchev–Trinajstić information content (AvgIpc) is 2.71. The van der Waals surface area contributed by atoms with E-state index >= 15 is 0 Å². The van der Waals surface area contributed by atoms with E-state index in [2.05, 4.69) is 38.1 Å². The van der Waals surface area contributed by atoms with Crippen molar-refractivity contribution in [2.24, 2.45) is 0 Å². The van der Waals surface area contributed by atoms with E-state index in [0.717, 1.165) is 6.42 Å². The van der Waals surface area contributed by atoms with Gasteiger partial charge in [0, 0.05) is 0 Å². The number of fused-ring (bicyclic) bond motifs is 1. The first-order valence-corrected chi connectivity index (χ1v) is 6.17. The smallest absolute Gasteiger partial charge is 0.00853 e. The van der Waals surface area contributed by atoms with Gasteiger partial charge in [-0.05, 0) is 41.5 Å². The van der Waals surface area contributed by atoms with Crippen molar-refractivity contribution >= 4 is 6.08 Å². The van der Waals surface area contributed by atoms with E-state index in [-0.39, 0.29) is 0 Å². The Morgan fingerprint density at radius 2 is 1.67 bits per heavy atom. The molecule has 0 atom stereocenters. The van der Waals surface area contributed by atoms with Crippen LogP contribution in [0.15, 0.2) is 18.2 Å².